The second-order valence-corrected chi connectivity index (χ2v) is 5.44. The van der Waals surface area contributed by atoms with Crippen LogP contribution in [0.15, 0.2) is 96.0 Å². The second-order valence-electron chi connectivity index (χ2n) is 5.44. The first kappa shape index (κ1) is 15.0. The molecule has 0 atom stereocenters. The van der Waals surface area contributed by atoms with Crippen LogP contribution in [0.4, 0.5) is 5.69 Å². The summed E-state index contributed by atoms with van der Waals surface area (Å²) in [6.45, 7) is 2.08. The number of nitrogens with zero attached hydrogens (tertiary/aromatic N) is 1. The molecule has 1 nitrogen and oxygen atoms in total. The van der Waals surface area contributed by atoms with Gasteiger partial charge in [0.15, 0.2) is 0 Å². The van der Waals surface area contributed by atoms with Crippen molar-refractivity contribution in [2.75, 3.05) is 0 Å². The van der Waals surface area contributed by atoms with E-state index < -0.39 is 0 Å². The van der Waals surface area contributed by atoms with Crippen molar-refractivity contribution in [1.29, 1.82) is 0 Å². The van der Waals surface area contributed by atoms with Crippen molar-refractivity contribution in [2.45, 2.75) is 6.92 Å². The van der Waals surface area contributed by atoms with E-state index in [0.29, 0.717) is 0 Å². The molecule has 0 aliphatic carbocycles. The van der Waals surface area contributed by atoms with Crippen LogP contribution in [0.3, 0.4) is 0 Å². The summed E-state index contributed by atoms with van der Waals surface area (Å²) in [5, 5.41) is 0. The molecule has 0 saturated heterocycles. The molecule has 0 aromatic heterocycles. The molecule has 1 heteroatoms. The Morgan fingerprint density at radius 1 is 0.739 bits per heavy atom. The van der Waals surface area contributed by atoms with E-state index in [1.54, 1.807) is 0 Å². The molecule has 0 amide bonds. The molecule has 0 spiro atoms. The topological polar surface area (TPSA) is 12.4 Å². The van der Waals surface area contributed by atoms with Gasteiger partial charge < -0.3 is 0 Å². The van der Waals surface area contributed by atoms with Crippen LogP contribution in [0.2, 0.25) is 0 Å². The normalized spacial score (nSPS) is 11.8. The molecule has 112 valence electrons. The number of hydrogen-bond donors (Lipinski definition) is 0. The fraction of sp³-hybridized carbons (Fsp3) is 0.0455. The van der Waals surface area contributed by atoms with Crippen LogP contribution >= 0.6 is 0 Å². The van der Waals surface area contributed by atoms with Gasteiger partial charge in [0.2, 0.25) is 0 Å². The van der Waals surface area contributed by atoms with Gasteiger partial charge in [-0.25, -0.2) is 4.99 Å². The summed E-state index contributed by atoms with van der Waals surface area (Å²) in [5.74, 6) is 0. The highest BCUT2D eigenvalue weighted by Crippen LogP contribution is 2.16. The summed E-state index contributed by atoms with van der Waals surface area (Å²) in [5.41, 5.74) is 5.44. The average molecular weight is 297 g/mol. The zero-order chi connectivity index (χ0) is 15.9. The quantitative estimate of drug-likeness (QED) is 0.537. The number of aryl methyl sites for hydroxylation is 1. The maximum Gasteiger partial charge on any atom is 0.0709 e. The van der Waals surface area contributed by atoms with Crippen LogP contribution in [0.5, 0.6) is 0 Å². The molecule has 0 fully saturated rings. The molecule has 0 N–H and O–H groups in total. The maximum atomic E-state index is 4.81. The van der Waals surface area contributed by atoms with Crippen LogP contribution in [0, 0.1) is 6.92 Å². The molecule has 3 aromatic carbocycles. The molecule has 0 unspecified atom stereocenters. The van der Waals surface area contributed by atoms with Crippen LogP contribution in [-0.2, 0) is 0 Å². The Kier molecular flexibility index (Phi) is 4.80. The lowest BCUT2D eigenvalue weighted by atomic mass is 10.1. The van der Waals surface area contributed by atoms with Crippen molar-refractivity contribution < 1.29 is 0 Å². The van der Waals surface area contributed by atoms with Crippen molar-refractivity contribution in [1.82, 2.24) is 0 Å². The predicted molar refractivity (Wildman–Crippen MR) is 99.3 cm³/mol. The van der Waals surface area contributed by atoms with Gasteiger partial charge in [0.25, 0.3) is 0 Å². The Hall–Kier alpha value is -2.93. The van der Waals surface area contributed by atoms with E-state index in [9.17, 15) is 0 Å². The summed E-state index contributed by atoms with van der Waals surface area (Å²) < 4.78 is 0. The van der Waals surface area contributed by atoms with E-state index in [4.69, 9.17) is 4.99 Å². The first-order valence-corrected chi connectivity index (χ1v) is 7.75. The van der Waals surface area contributed by atoms with Gasteiger partial charge in [-0.1, -0.05) is 84.4 Å². The summed E-state index contributed by atoms with van der Waals surface area (Å²) in [6, 6.07) is 28.8. The molecule has 0 aliphatic heterocycles. The maximum absolute atomic E-state index is 4.81. The summed E-state index contributed by atoms with van der Waals surface area (Å²) in [6.07, 6.45) is 4.17. The van der Waals surface area contributed by atoms with Crippen LogP contribution in [0.1, 0.15) is 16.7 Å². The zero-order valence-electron chi connectivity index (χ0n) is 13.2. The van der Waals surface area contributed by atoms with Gasteiger partial charge in [-0.15, -0.1) is 0 Å². The standard InChI is InChI=1S/C22H19N/c1-18-12-15-21(16-13-18)23-22(20-10-6-3-7-11-20)17-14-19-8-4-2-5-9-19/h2-17H,1H3/b17-14+,23-22?. The monoisotopic (exact) mass is 297 g/mol. The Morgan fingerprint density at radius 3 is 2.00 bits per heavy atom. The van der Waals surface area contributed by atoms with E-state index in [1.807, 2.05) is 36.4 Å². The Labute approximate surface area is 137 Å². The molecule has 0 aliphatic rings. The van der Waals surface area contributed by atoms with Gasteiger partial charge in [-0.3, -0.25) is 0 Å². The first-order valence-electron chi connectivity index (χ1n) is 7.75. The SMILES string of the molecule is Cc1ccc(N=C(/C=C/c2ccccc2)c2ccccc2)cc1. The van der Waals surface area contributed by atoms with Crippen LogP contribution < -0.4 is 0 Å². The van der Waals surface area contributed by atoms with Crippen molar-refractivity contribution in [3.8, 4) is 0 Å². The molecule has 0 saturated carbocycles. The van der Waals surface area contributed by atoms with Gasteiger partial charge in [0, 0.05) is 5.56 Å². The molecular formula is C22H19N. The number of allylic oxidation sites excluding steroid dienone is 1. The third-order valence-corrected chi connectivity index (χ3v) is 3.59. The number of benzene rings is 3. The number of rotatable bonds is 4. The molecule has 0 radical (unpaired) electrons. The van der Waals surface area contributed by atoms with Gasteiger partial charge in [0.05, 0.1) is 11.4 Å². The van der Waals surface area contributed by atoms with Gasteiger partial charge in [-0.05, 0) is 30.7 Å². The average Bonchev–Trinajstić information content (AvgIpc) is 2.62. The van der Waals surface area contributed by atoms with Crippen molar-refractivity contribution >= 4 is 17.5 Å². The van der Waals surface area contributed by atoms with Crippen molar-refractivity contribution in [3.05, 3.63) is 108 Å². The van der Waals surface area contributed by atoms with E-state index >= 15 is 0 Å². The second kappa shape index (κ2) is 7.37. The van der Waals surface area contributed by atoms with Crippen LogP contribution in [0.25, 0.3) is 6.08 Å². The highest BCUT2D eigenvalue weighted by molar-refractivity contribution is 6.11. The molecular weight excluding hydrogens is 278 g/mol. The molecule has 0 heterocycles. The van der Waals surface area contributed by atoms with Gasteiger partial charge in [-0.2, -0.15) is 0 Å². The van der Waals surface area contributed by atoms with Crippen molar-refractivity contribution in [2.24, 2.45) is 4.99 Å². The third-order valence-electron chi connectivity index (χ3n) is 3.59. The minimum Gasteiger partial charge on any atom is -0.248 e. The van der Waals surface area contributed by atoms with E-state index in [0.717, 1.165) is 17.0 Å². The van der Waals surface area contributed by atoms with E-state index in [2.05, 4.69) is 67.6 Å². The predicted octanol–water partition coefficient (Wildman–Crippen LogP) is 5.83. The van der Waals surface area contributed by atoms with Crippen LogP contribution in [-0.4, -0.2) is 5.71 Å². The Bertz CT molecular complexity index is 798. The smallest absolute Gasteiger partial charge is 0.0709 e. The van der Waals surface area contributed by atoms with Gasteiger partial charge in [0.1, 0.15) is 0 Å². The molecule has 3 aromatic rings. The summed E-state index contributed by atoms with van der Waals surface area (Å²) in [4.78, 5) is 4.81. The molecule has 23 heavy (non-hydrogen) atoms. The lowest BCUT2D eigenvalue weighted by Crippen LogP contribution is -1.95. The highest BCUT2D eigenvalue weighted by Gasteiger charge is 2.00. The largest absolute Gasteiger partial charge is 0.248 e. The third kappa shape index (κ3) is 4.27. The molecule has 0 bridgehead atoms. The number of aliphatic imine (C=N–C) groups is 1. The van der Waals surface area contributed by atoms with E-state index in [1.165, 1.54) is 11.1 Å². The fourth-order valence-corrected chi connectivity index (χ4v) is 2.30. The Balaban J connectivity index is 1.97. The molecule has 3 rings (SSSR count). The summed E-state index contributed by atoms with van der Waals surface area (Å²) >= 11 is 0. The lowest BCUT2D eigenvalue weighted by Gasteiger charge is -2.03. The Morgan fingerprint density at radius 2 is 1.35 bits per heavy atom. The first-order chi connectivity index (χ1) is 11.3. The summed E-state index contributed by atoms with van der Waals surface area (Å²) in [7, 11) is 0. The minimum atomic E-state index is 0.957. The minimum absolute atomic E-state index is 0.957. The van der Waals surface area contributed by atoms with Crippen molar-refractivity contribution in [3.63, 3.8) is 0 Å². The number of hydrogen-bond acceptors (Lipinski definition) is 1. The fourth-order valence-electron chi connectivity index (χ4n) is 2.30. The van der Waals surface area contributed by atoms with E-state index in [-0.39, 0.29) is 0 Å². The van der Waals surface area contributed by atoms with Gasteiger partial charge >= 0.3 is 0 Å². The zero-order valence-corrected chi connectivity index (χ0v) is 13.2. The lowest BCUT2D eigenvalue weighted by molar-refractivity contribution is 1.43. The highest BCUT2D eigenvalue weighted by atomic mass is 14.7.